The van der Waals surface area contributed by atoms with Crippen LogP contribution in [0.3, 0.4) is 0 Å². The van der Waals surface area contributed by atoms with Gasteiger partial charge in [0.2, 0.25) is 18.6 Å². The quantitative estimate of drug-likeness (QED) is 0.0501. The first-order valence-electron chi connectivity index (χ1n) is 14.8. The van der Waals surface area contributed by atoms with Crippen LogP contribution in [0.2, 0.25) is 0 Å². The van der Waals surface area contributed by atoms with Crippen molar-refractivity contribution in [3.05, 3.63) is 35.9 Å². The van der Waals surface area contributed by atoms with Crippen LogP contribution in [0.5, 0.6) is 0 Å². The van der Waals surface area contributed by atoms with Gasteiger partial charge in [0.15, 0.2) is 0 Å². The highest BCUT2D eigenvalue weighted by atomic mass is 32.2. The standard InChI is InChI=1S/C16H19N3O4S.C13H28N4O4/c1-16(2)11(15(22)23)19-13(21)10(14(19)24-16)18-12(20)9(17)8-6-4-3-5-7-8;14-7-3-1-5-10(16)12(18)20-9-21-13(19)11(17)6-2-4-8-15/h3-7,9-11,14H,17H2,1-2H3,(H,18,20)(H,22,23);10-11H,1-9,14-17H2/t9-,10-,11+,14-;/m1./s1. The molecule has 0 spiro atoms. The highest BCUT2D eigenvalue weighted by molar-refractivity contribution is 8.01. The Hall–Kier alpha value is -3.28. The van der Waals surface area contributed by atoms with Crippen LogP contribution >= 0.6 is 11.8 Å². The number of hydrogen-bond acceptors (Lipinski definition) is 13. The van der Waals surface area contributed by atoms with E-state index in [-0.39, 0.29) is 11.3 Å². The number of carbonyl (C=O) groups excluding carboxylic acids is 4. The molecule has 45 heavy (non-hydrogen) atoms. The summed E-state index contributed by atoms with van der Waals surface area (Å²) in [7, 11) is 0. The minimum absolute atomic E-state index is 0.375. The number of carboxylic acids is 1. The monoisotopic (exact) mass is 653 g/mol. The smallest absolute Gasteiger partial charge is 0.327 e. The number of nitrogens with one attached hydrogen (secondary N) is 1. The second-order valence-corrected chi connectivity index (χ2v) is 13.1. The lowest BCUT2D eigenvalue weighted by atomic mass is 9.95. The molecule has 2 aliphatic heterocycles. The van der Waals surface area contributed by atoms with Crippen LogP contribution in [0, 0.1) is 0 Å². The molecule has 0 aromatic heterocycles. The van der Waals surface area contributed by atoms with Crippen molar-refractivity contribution >= 4 is 41.5 Å². The van der Waals surface area contributed by atoms with Crippen LogP contribution in [-0.2, 0) is 33.4 Å². The zero-order chi connectivity index (χ0) is 33.7. The summed E-state index contributed by atoms with van der Waals surface area (Å²) in [6.45, 7) is 4.23. The van der Waals surface area contributed by atoms with E-state index in [1.807, 2.05) is 6.07 Å². The van der Waals surface area contributed by atoms with Crippen LogP contribution in [0.1, 0.15) is 64.0 Å². The van der Waals surface area contributed by atoms with Gasteiger partial charge in [0.05, 0.1) is 0 Å². The van der Waals surface area contributed by atoms with Crippen LogP contribution in [0.25, 0.3) is 0 Å². The van der Waals surface area contributed by atoms with Crippen LogP contribution < -0.4 is 34.0 Å². The molecule has 2 fully saturated rings. The maximum absolute atomic E-state index is 12.3. The summed E-state index contributed by atoms with van der Waals surface area (Å²) in [5.41, 5.74) is 28.5. The predicted molar refractivity (Wildman–Crippen MR) is 168 cm³/mol. The number of nitrogens with two attached hydrogens (primary N) is 5. The van der Waals surface area contributed by atoms with E-state index in [0.29, 0.717) is 31.5 Å². The van der Waals surface area contributed by atoms with E-state index in [1.165, 1.54) is 16.7 Å². The molecular weight excluding hydrogens is 606 g/mol. The van der Waals surface area contributed by atoms with Crippen molar-refractivity contribution in [2.24, 2.45) is 28.7 Å². The first kappa shape index (κ1) is 37.9. The SMILES string of the molecule is CC1(C)S[C@@H]2[C@H](NC(=O)[C@H](N)c3ccccc3)C(=O)N2[C@H]1C(=O)O.NCCCCC(N)C(=O)OCOC(=O)C(N)CCCCN. The van der Waals surface area contributed by atoms with E-state index in [1.54, 1.807) is 38.1 Å². The molecule has 3 rings (SSSR count). The Balaban J connectivity index is 0.000000318. The fourth-order valence-electron chi connectivity index (χ4n) is 4.81. The number of β-lactam (4-membered cyclic amide) rings is 1. The Kier molecular flexibility index (Phi) is 15.2. The molecule has 6 atom stereocenters. The van der Waals surface area contributed by atoms with Crippen molar-refractivity contribution < 1.29 is 38.6 Å². The number of esters is 2. The maximum atomic E-state index is 12.3. The summed E-state index contributed by atoms with van der Waals surface area (Å²) in [6, 6.07) is 4.92. The summed E-state index contributed by atoms with van der Waals surface area (Å²) >= 11 is 1.38. The van der Waals surface area contributed by atoms with Gasteiger partial charge in [0, 0.05) is 4.75 Å². The lowest BCUT2D eigenvalue weighted by Gasteiger charge is -2.43. The maximum Gasteiger partial charge on any atom is 0.327 e. The van der Waals surface area contributed by atoms with E-state index in [9.17, 15) is 29.1 Å². The summed E-state index contributed by atoms with van der Waals surface area (Å²) in [4.78, 5) is 60.4. The molecule has 0 bridgehead atoms. The molecule has 2 heterocycles. The minimum atomic E-state index is -1.03. The third-order valence-corrected chi connectivity index (χ3v) is 8.93. The number of hydrogen-bond donors (Lipinski definition) is 7. The molecule has 2 saturated heterocycles. The lowest BCUT2D eigenvalue weighted by molar-refractivity contribution is -0.169. The summed E-state index contributed by atoms with van der Waals surface area (Å²) in [6.07, 6.45) is 4.07. The second kappa shape index (κ2) is 18.0. The van der Waals surface area contributed by atoms with Gasteiger partial charge in [-0.2, -0.15) is 0 Å². The molecule has 2 aliphatic rings. The second-order valence-electron chi connectivity index (χ2n) is 11.3. The molecule has 0 aliphatic carbocycles. The van der Waals surface area contributed by atoms with Crippen molar-refractivity contribution in [2.45, 2.75) is 92.7 Å². The van der Waals surface area contributed by atoms with Gasteiger partial charge < -0.3 is 53.5 Å². The number of rotatable bonds is 16. The van der Waals surface area contributed by atoms with Gasteiger partial charge in [0.25, 0.3) is 0 Å². The van der Waals surface area contributed by atoms with Crippen LogP contribution in [-0.4, -0.2) is 93.9 Å². The highest BCUT2D eigenvalue weighted by Gasteiger charge is 2.64. The number of aliphatic carboxylic acids is 1. The molecule has 1 aromatic carbocycles. The van der Waals surface area contributed by atoms with Gasteiger partial charge >= 0.3 is 17.9 Å². The molecular formula is C29H47N7O8S. The van der Waals surface area contributed by atoms with E-state index in [4.69, 9.17) is 38.1 Å². The van der Waals surface area contributed by atoms with Crippen LogP contribution in [0.4, 0.5) is 0 Å². The van der Waals surface area contributed by atoms with Crippen LogP contribution in [0.15, 0.2) is 30.3 Å². The number of ether oxygens (including phenoxy) is 2. The Morgan fingerprint density at radius 1 is 0.933 bits per heavy atom. The van der Waals surface area contributed by atoms with Gasteiger partial charge in [-0.05, 0) is 58.2 Å². The zero-order valence-corrected chi connectivity index (χ0v) is 26.6. The molecule has 1 aromatic rings. The van der Waals surface area contributed by atoms with Gasteiger partial charge in [-0.3, -0.25) is 19.2 Å². The molecule has 16 heteroatoms. The summed E-state index contributed by atoms with van der Waals surface area (Å²) < 4.78 is 8.92. The number of amides is 2. The molecule has 2 unspecified atom stereocenters. The van der Waals surface area contributed by atoms with Gasteiger partial charge in [-0.25, -0.2) is 4.79 Å². The number of carboxylic acid groups (broad SMARTS) is 1. The first-order valence-corrected chi connectivity index (χ1v) is 15.7. The number of benzene rings is 1. The highest BCUT2D eigenvalue weighted by Crippen LogP contribution is 2.50. The Labute approximate surface area is 267 Å². The molecule has 15 nitrogen and oxygen atoms in total. The third-order valence-electron chi connectivity index (χ3n) is 7.36. The molecule has 252 valence electrons. The first-order chi connectivity index (χ1) is 21.3. The topological polar surface area (TPSA) is 269 Å². The Bertz CT molecular complexity index is 1130. The zero-order valence-electron chi connectivity index (χ0n) is 25.8. The van der Waals surface area contributed by atoms with E-state index in [0.717, 1.165) is 25.7 Å². The fourth-order valence-corrected chi connectivity index (χ4v) is 6.44. The van der Waals surface area contributed by atoms with Crippen molar-refractivity contribution in [2.75, 3.05) is 19.9 Å². The summed E-state index contributed by atoms with van der Waals surface area (Å²) in [5.74, 6) is -3.06. The van der Waals surface area contributed by atoms with Crippen molar-refractivity contribution in [3.8, 4) is 0 Å². The number of thioether (sulfide) groups is 1. The van der Waals surface area contributed by atoms with E-state index >= 15 is 0 Å². The number of nitrogens with zero attached hydrogens (tertiary/aromatic N) is 1. The fraction of sp³-hybridized carbons (Fsp3) is 0.621. The molecule has 2 amide bonds. The Morgan fingerprint density at radius 2 is 1.44 bits per heavy atom. The minimum Gasteiger partial charge on any atom is -0.480 e. The molecule has 0 radical (unpaired) electrons. The largest absolute Gasteiger partial charge is 0.480 e. The molecule has 12 N–H and O–H groups in total. The van der Waals surface area contributed by atoms with Crippen molar-refractivity contribution in [1.29, 1.82) is 0 Å². The average molecular weight is 654 g/mol. The number of fused-ring (bicyclic) bond motifs is 1. The normalized spacial score (nSPS) is 21.6. The van der Waals surface area contributed by atoms with E-state index in [2.05, 4.69) is 5.32 Å². The summed E-state index contributed by atoms with van der Waals surface area (Å²) in [5, 5.41) is 11.7. The van der Waals surface area contributed by atoms with Gasteiger partial charge in [-0.15, -0.1) is 11.8 Å². The number of unbranched alkanes of at least 4 members (excludes halogenated alkanes) is 2. The molecule has 0 saturated carbocycles. The Morgan fingerprint density at radius 3 is 1.91 bits per heavy atom. The third kappa shape index (κ3) is 10.6. The lowest BCUT2D eigenvalue weighted by Crippen LogP contribution is -2.71. The van der Waals surface area contributed by atoms with Gasteiger partial charge in [0.1, 0.15) is 35.6 Å². The van der Waals surface area contributed by atoms with Crippen molar-refractivity contribution in [1.82, 2.24) is 10.2 Å². The van der Waals surface area contributed by atoms with Gasteiger partial charge in [-0.1, -0.05) is 43.2 Å². The van der Waals surface area contributed by atoms with Crippen molar-refractivity contribution in [3.63, 3.8) is 0 Å². The van der Waals surface area contributed by atoms with E-state index < -0.39 is 65.6 Å². The number of carbonyl (C=O) groups is 5. The predicted octanol–water partition coefficient (Wildman–Crippen LogP) is -0.739. The average Bonchev–Trinajstić information content (AvgIpc) is 3.27.